The summed E-state index contributed by atoms with van der Waals surface area (Å²) in [5, 5.41) is 3.48. The van der Waals surface area contributed by atoms with Crippen molar-refractivity contribution in [2.45, 2.75) is 18.4 Å². The zero-order valence-electron chi connectivity index (χ0n) is 11.4. The van der Waals surface area contributed by atoms with E-state index in [9.17, 15) is 4.39 Å². The average Bonchev–Trinajstić information content (AvgIpc) is 2.93. The van der Waals surface area contributed by atoms with Crippen LogP contribution in [-0.2, 0) is 0 Å². The Bertz CT molecular complexity index is 612. The van der Waals surface area contributed by atoms with E-state index in [1.54, 1.807) is 12.2 Å². The van der Waals surface area contributed by atoms with Crippen LogP contribution in [0.4, 0.5) is 10.1 Å². The van der Waals surface area contributed by atoms with Gasteiger partial charge in [0.05, 0.1) is 6.04 Å². The third-order valence-corrected chi connectivity index (χ3v) is 4.22. The molecule has 0 fully saturated rings. The lowest BCUT2D eigenvalue weighted by Crippen LogP contribution is -2.37. The van der Waals surface area contributed by atoms with Gasteiger partial charge in [0.15, 0.2) is 0 Å². The maximum absolute atomic E-state index is 13.8. The zero-order valence-corrected chi connectivity index (χ0v) is 11.4. The Balaban J connectivity index is 2.05. The molecular weight excluding hydrogens is 249 g/mol. The quantitative estimate of drug-likeness (QED) is 0.616. The molecule has 102 valence electrons. The van der Waals surface area contributed by atoms with Crippen LogP contribution in [0.3, 0.4) is 0 Å². The van der Waals surface area contributed by atoms with Crippen LogP contribution in [-0.4, -0.2) is 6.04 Å². The second kappa shape index (κ2) is 5.12. The van der Waals surface area contributed by atoms with Gasteiger partial charge in [0.25, 0.3) is 0 Å². The fraction of sp³-hybridized carbons (Fsp3) is 0.222. The van der Waals surface area contributed by atoms with E-state index in [-0.39, 0.29) is 11.9 Å². The molecule has 3 unspecified atom stereocenters. The first-order valence-electron chi connectivity index (χ1n) is 6.92. The maximum Gasteiger partial charge on any atom is 0.121 e. The number of rotatable bonds is 3. The van der Waals surface area contributed by atoms with Crippen molar-refractivity contribution in [3.8, 4) is 0 Å². The predicted octanol–water partition coefficient (Wildman–Crippen LogP) is 4.74. The monoisotopic (exact) mass is 267 g/mol. The van der Waals surface area contributed by atoms with Crippen molar-refractivity contribution < 1.29 is 4.39 Å². The number of halogens is 1. The molecule has 0 bridgehead atoms. The molecule has 0 radical (unpaired) electrons. The van der Waals surface area contributed by atoms with Crippen LogP contribution in [0.25, 0.3) is 0 Å². The average molecular weight is 267 g/mol. The highest BCUT2D eigenvalue weighted by molar-refractivity contribution is 5.61. The lowest BCUT2D eigenvalue weighted by molar-refractivity contribution is 0.442. The van der Waals surface area contributed by atoms with Crippen LogP contribution in [0.1, 0.15) is 17.9 Å². The minimum atomic E-state index is -0.382. The molecule has 20 heavy (non-hydrogen) atoms. The predicted molar refractivity (Wildman–Crippen MR) is 82.4 cm³/mol. The maximum atomic E-state index is 13.8. The number of nitrogens with one attached hydrogen (secondary N) is 1. The minimum absolute atomic E-state index is 0.0552. The van der Waals surface area contributed by atoms with E-state index in [4.69, 9.17) is 0 Å². The number of benzene rings is 1. The van der Waals surface area contributed by atoms with Crippen molar-refractivity contribution >= 4 is 5.69 Å². The highest BCUT2D eigenvalue weighted by Gasteiger charge is 2.38. The van der Waals surface area contributed by atoms with Gasteiger partial charge in [-0.05, 0) is 24.0 Å². The fourth-order valence-electron chi connectivity index (χ4n) is 3.34. The first-order valence-corrected chi connectivity index (χ1v) is 6.92. The van der Waals surface area contributed by atoms with Gasteiger partial charge in [-0.1, -0.05) is 55.7 Å². The number of anilines is 1. The van der Waals surface area contributed by atoms with Crippen LogP contribution in [0.15, 0.2) is 73.1 Å². The molecule has 1 N–H and O–H groups in total. The van der Waals surface area contributed by atoms with Gasteiger partial charge < -0.3 is 5.32 Å². The highest BCUT2D eigenvalue weighted by atomic mass is 19.1. The number of para-hydroxylation sites is 1. The van der Waals surface area contributed by atoms with E-state index >= 15 is 0 Å². The summed E-state index contributed by atoms with van der Waals surface area (Å²) < 4.78 is 13.8. The summed E-state index contributed by atoms with van der Waals surface area (Å²) in [7, 11) is 0. The summed E-state index contributed by atoms with van der Waals surface area (Å²) in [4.78, 5) is 0. The van der Waals surface area contributed by atoms with Gasteiger partial charge in [-0.25, -0.2) is 4.39 Å². The first-order chi connectivity index (χ1) is 9.72. The Morgan fingerprint density at radius 2 is 2.15 bits per heavy atom. The van der Waals surface area contributed by atoms with Crippen LogP contribution < -0.4 is 5.32 Å². The van der Waals surface area contributed by atoms with Crippen LogP contribution in [0.5, 0.6) is 0 Å². The van der Waals surface area contributed by atoms with Crippen LogP contribution >= 0.6 is 0 Å². The van der Waals surface area contributed by atoms with Gasteiger partial charge in [0.2, 0.25) is 0 Å². The van der Waals surface area contributed by atoms with Gasteiger partial charge in [0.1, 0.15) is 5.83 Å². The van der Waals surface area contributed by atoms with Crippen molar-refractivity contribution in [3.05, 3.63) is 78.7 Å². The molecule has 0 saturated carbocycles. The Morgan fingerprint density at radius 1 is 1.35 bits per heavy atom. The summed E-state index contributed by atoms with van der Waals surface area (Å²) in [5.74, 6) is 0.307. The Hall–Kier alpha value is -2.09. The molecule has 3 atom stereocenters. The molecule has 1 heterocycles. The lowest BCUT2D eigenvalue weighted by atomic mass is 9.76. The lowest BCUT2D eigenvalue weighted by Gasteiger charge is -2.38. The van der Waals surface area contributed by atoms with E-state index in [0.29, 0.717) is 17.4 Å². The Kier molecular flexibility index (Phi) is 3.31. The van der Waals surface area contributed by atoms with Gasteiger partial charge in [-0.2, -0.15) is 0 Å². The molecule has 0 saturated heterocycles. The van der Waals surface area contributed by atoms with Gasteiger partial charge >= 0.3 is 0 Å². The third kappa shape index (κ3) is 2.01. The van der Waals surface area contributed by atoms with Crippen molar-refractivity contribution in [1.29, 1.82) is 0 Å². The van der Waals surface area contributed by atoms with E-state index in [1.807, 2.05) is 6.07 Å². The molecule has 3 rings (SSSR count). The fourth-order valence-corrected chi connectivity index (χ4v) is 3.34. The van der Waals surface area contributed by atoms with Crippen molar-refractivity contribution in [3.63, 3.8) is 0 Å². The van der Waals surface area contributed by atoms with E-state index in [2.05, 4.69) is 48.8 Å². The molecule has 1 aromatic rings. The third-order valence-electron chi connectivity index (χ3n) is 4.22. The Morgan fingerprint density at radius 3 is 2.90 bits per heavy atom. The second-order valence-electron chi connectivity index (χ2n) is 5.33. The second-order valence-corrected chi connectivity index (χ2v) is 5.33. The molecule has 1 nitrogen and oxygen atoms in total. The van der Waals surface area contributed by atoms with Crippen molar-refractivity contribution in [2.75, 3.05) is 5.32 Å². The topological polar surface area (TPSA) is 12.0 Å². The van der Waals surface area contributed by atoms with E-state index in [0.717, 1.165) is 12.1 Å². The van der Waals surface area contributed by atoms with Gasteiger partial charge in [-0.3, -0.25) is 0 Å². The molecule has 1 aliphatic heterocycles. The molecular formula is C18H18FN. The first kappa shape index (κ1) is 12.9. The molecule has 1 aromatic carbocycles. The van der Waals surface area contributed by atoms with E-state index in [1.165, 1.54) is 5.56 Å². The standard InChI is InChI=1S/C18H18FN/c1-3-7-13(12(2)19)18-16-10-6-9-14(16)15-8-4-5-11-17(15)20-18/h3-9,11,14,16,18,20H,1-2,10H2/b13-7+. The molecule has 2 heteroatoms. The number of hydrogen-bond donors (Lipinski definition) is 1. The molecule has 1 aliphatic carbocycles. The molecule has 0 aromatic heterocycles. The van der Waals surface area contributed by atoms with Gasteiger partial charge in [0, 0.05) is 17.2 Å². The van der Waals surface area contributed by atoms with Crippen molar-refractivity contribution in [2.24, 2.45) is 5.92 Å². The summed E-state index contributed by atoms with van der Waals surface area (Å²) in [6.07, 6.45) is 8.74. The largest absolute Gasteiger partial charge is 0.378 e. The SMILES string of the molecule is C=C/C=C(\C(=C)F)C1Nc2ccccc2C2C=CCC12. The minimum Gasteiger partial charge on any atom is -0.378 e. The number of allylic oxidation sites excluding steroid dienone is 4. The highest BCUT2D eigenvalue weighted by Crippen LogP contribution is 2.46. The molecule has 0 spiro atoms. The summed E-state index contributed by atoms with van der Waals surface area (Å²) in [6.45, 7) is 7.16. The van der Waals surface area contributed by atoms with Gasteiger partial charge in [-0.15, -0.1) is 0 Å². The summed E-state index contributed by atoms with van der Waals surface area (Å²) in [6, 6.07) is 8.20. The van der Waals surface area contributed by atoms with Crippen LogP contribution in [0.2, 0.25) is 0 Å². The van der Waals surface area contributed by atoms with Crippen molar-refractivity contribution in [1.82, 2.24) is 0 Å². The Labute approximate surface area is 119 Å². The summed E-state index contributed by atoms with van der Waals surface area (Å²) >= 11 is 0. The zero-order chi connectivity index (χ0) is 14.1. The normalized spacial score (nSPS) is 27.4. The molecule has 2 aliphatic rings. The van der Waals surface area contributed by atoms with E-state index < -0.39 is 0 Å². The molecule has 0 amide bonds. The number of hydrogen-bond acceptors (Lipinski definition) is 1. The summed E-state index contributed by atoms with van der Waals surface area (Å²) in [5.41, 5.74) is 2.99. The smallest absolute Gasteiger partial charge is 0.121 e. The van der Waals surface area contributed by atoms with Crippen LogP contribution in [0, 0.1) is 5.92 Å². The number of fused-ring (bicyclic) bond motifs is 3.